The van der Waals surface area contributed by atoms with Gasteiger partial charge in [-0.1, -0.05) is 24.4 Å². The Balaban J connectivity index is 2.14. The molecule has 0 radical (unpaired) electrons. The smallest absolute Gasteiger partial charge is 0.255 e. The number of rotatable bonds is 4. The molecule has 0 heterocycles. The normalized spacial score (nSPS) is 15.7. The Labute approximate surface area is 112 Å². The van der Waals surface area contributed by atoms with Crippen LogP contribution in [0, 0.1) is 0 Å². The summed E-state index contributed by atoms with van der Waals surface area (Å²) in [6, 6.07) is 5.44. The largest absolute Gasteiger partial charge is 0.493 e. The number of ether oxygens (including phenoxy) is 1. The fourth-order valence-corrected chi connectivity index (χ4v) is 2.47. The topological polar surface area (TPSA) is 38.3 Å². The van der Waals surface area contributed by atoms with Gasteiger partial charge in [-0.15, -0.1) is 0 Å². The number of carbonyl (C=O) groups is 1. The van der Waals surface area contributed by atoms with Gasteiger partial charge in [-0.25, -0.2) is 0 Å². The maximum Gasteiger partial charge on any atom is 0.255 e. The molecule has 0 unspecified atom stereocenters. The van der Waals surface area contributed by atoms with Gasteiger partial charge in [0.25, 0.3) is 5.91 Å². The number of hydrogen-bond donors (Lipinski definition) is 1. The van der Waals surface area contributed by atoms with E-state index in [4.69, 9.17) is 16.3 Å². The lowest BCUT2D eigenvalue weighted by Gasteiger charge is -2.14. The summed E-state index contributed by atoms with van der Waals surface area (Å²) in [4.78, 5) is 12.2. The Morgan fingerprint density at radius 2 is 2.17 bits per heavy atom. The maximum atomic E-state index is 12.2. The molecule has 1 fully saturated rings. The van der Waals surface area contributed by atoms with E-state index in [1.54, 1.807) is 18.2 Å². The third-order valence-corrected chi connectivity index (χ3v) is 3.41. The van der Waals surface area contributed by atoms with Crippen LogP contribution in [0.2, 0.25) is 5.02 Å². The van der Waals surface area contributed by atoms with E-state index in [2.05, 4.69) is 5.32 Å². The van der Waals surface area contributed by atoms with Crippen LogP contribution in [-0.4, -0.2) is 18.6 Å². The molecule has 0 atom stereocenters. The highest BCUT2D eigenvalue weighted by Crippen LogP contribution is 2.24. The second-order valence-corrected chi connectivity index (χ2v) is 4.96. The molecular formula is C14H18ClNO2. The average molecular weight is 268 g/mol. The standard InChI is InChI=1S/C14H18ClNO2/c1-2-18-13-8-7-10(15)9-12(13)14(17)16-11-5-3-4-6-11/h7-9,11H,2-6H2,1H3,(H,16,17). The molecule has 1 aliphatic rings. The fourth-order valence-electron chi connectivity index (χ4n) is 2.29. The van der Waals surface area contributed by atoms with Gasteiger partial charge in [0, 0.05) is 11.1 Å². The molecule has 3 nitrogen and oxygen atoms in total. The van der Waals surface area contributed by atoms with E-state index in [1.165, 1.54) is 12.8 Å². The van der Waals surface area contributed by atoms with E-state index >= 15 is 0 Å². The van der Waals surface area contributed by atoms with E-state index in [1.807, 2.05) is 6.92 Å². The summed E-state index contributed by atoms with van der Waals surface area (Å²) in [5.41, 5.74) is 0.524. The van der Waals surface area contributed by atoms with Crippen molar-refractivity contribution in [1.82, 2.24) is 5.32 Å². The molecule has 4 heteroatoms. The lowest BCUT2D eigenvalue weighted by atomic mass is 10.1. The zero-order chi connectivity index (χ0) is 13.0. The molecular weight excluding hydrogens is 250 g/mol. The van der Waals surface area contributed by atoms with E-state index in [0.717, 1.165) is 12.8 Å². The SMILES string of the molecule is CCOc1ccc(Cl)cc1C(=O)NC1CCCC1. The van der Waals surface area contributed by atoms with Crippen molar-refractivity contribution in [3.63, 3.8) is 0 Å². The zero-order valence-electron chi connectivity index (χ0n) is 10.5. The first-order valence-electron chi connectivity index (χ1n) is 6.44. The highest BCUT2D eigenvalue weighted by Gasteiger charge is 2.20. The quantitative estimate of drug-likeness (QED) is 0.908. The summed E-state index contributed by atoms with van der Waals surface area (Å²) in [7, 11) is 0. The molecule has 0 bridgehead atoms. The second kappa shape index (κ2) is 6.10. The van der Waals surface area contributed by atoms with Crippen LogP contribution >= 0.6 is 11.6 Å². The third-order valence-electron chi connectivity index (χ3n) is 3.18. The lowest BCUT2D eigenvalue weighted by molar-refractivity contribution is 0.0934. The minimum Gasteiger partial charge on any atom is -0.493 e. The molecule has 0 aromatic heterocycles. The number of halogens is 1. The first-order chi connectivity index (χ1) is 8.70. The van der Waals surface area contributed by atoms with Gasteiger partial charge in [-0.2, -0.15) is 0 Å². The van der Waals surface area contributed by atoms with Gasteiger partial charge in [-0.05, 0) is 38.0 Å². The zero-order valence-corrected chi connectivity index (χ0v) is 11.3. The molecule has 1 amide bonds. The Kier molecular flexibility index (Phi) is 4.48. The maximum absolute atomic E-state index is 12.2. The Morgan fingerprint density at radius 3 is 2.83 bits per heavy atom. The predicted octanol–water partition coefficient (Wildman–Crippen LogP) is 3.41. The van der Waals surface area contributed by atoms with Crippen molar-refractivity contribution in [3.05, 3.63) is 28.8 Å². The summed E-state index contributed by atoms with van der Waals surface area (Å²) >= 11 is 5.94. The van der Waals surface area contributed by atoms with Crippen molar-refractivity contribution in [2.24, 2.45) is 0 Å². The van der Waals surface area contributed by atoms with Crippen molar-refractivity contribution in [2.45, 2.75) is 38.6 Å². The van der Waals surface area contributed by atoms with E-state index in [-0.39, 0.29) is 5.91 Å². The number of hydrogen-bond acceptors (Lipinski definition) is 2. The third kappa shape index (κ3) is 3.16. The van der Waals surface area contributed by atoms with Crippen molar-refractivity contribution in [2.75, 3.05) is 6.61 Å². The minimum atomic E-state index is -0.0900. The van der Waals surface area contributed by atoms with Crippen LogP contribution in [0.5, 0.6) is 5.75 Å². The van der Waals surface area contributed by atoms with Crippen molar-refractivity contribution < 1.29 is 9.53 Å². The van der Waals surface area contributed by atoms with Gasteiger partial charge < -0.3 is 10.1 Å². The number of benzene rings is 1. The molecule has 0 saturated heterocycles. The van der Waals surface area contributed by atoms with Crippen LogP contribution in [0.15, 0.2) is 18.2 Å². The van der Waals surface area contributed by atoms with Gasteiger partial charge in [0.2, 0.25) is 0 Å². The monoisotopic (exact) mass is 267 g/mol. The van der Waals surface area contributed by atoms with Gasteiger partial charge >= 0.3 is 0 Å². The van der Waals surface area contributed by atoms with Crippen LogP contribution in [0.4, 0.5) is 0 Å². The summed E-state index contributed by atoms with van der Waals surface area (Å²) in [6.07, 6.45) is 4.52. The molecule has 2 rings (SSSR count). The van der Waals surface area contributed by atoms with Gasteiger partial charge in [0.05, 0.1) is 12.2 Å². The molecule has 1 N–H and O–H groups in total. The number of carbonyl (C=O) groups excluding carboxylic acids is 1. The predicted molar refractivity (Wildman–Crippen MR) is 72.3 cm³/mol. The highest BCUT2D eigenvalue weighted by atomic mass is 35.5. The van der Waals surface area contributed by atoms with E-state index in [0.29, 0.717) is 29.0 Å². The Morgan fingerprint density at radius 1 is 1.44 bits per heavy atom. The summed E-state index contributed by atoms with van der Waals surface area (Å²) in [5.74, 6) is 0.505. The van der Waals surface area contributed by atoms with Crippen molar-refractivity contribution in [3.8, 4) is 5.75 Å². The molecule has 1 saturated carbocycles. The van der Waals surface area contributed by atoms with E-state index in [9.17, 15) is 4.79 Å². The van der Waals surface area contributed by atoms with Crippen LogP contribution < -0.4 is 10.1 Å². The molecule has 1 aliphatic carbocycles. The first kappa shape index (κ1) is 13.2. The number of nitrogens with one attached hydrogen (secondary N) is 1. The molecule has 0 spiro atoms. The first-order valence-corrected chi connectivity index (χ1v) is 6.81. The minimum absolute atomic E-state index is 0.0900. The fraction of sp³-hybridized carbons (Fsp3) is 0.500. The molecule has 18 heavy (non-hydrogen) atoms. The Hall–Kier alpha value is -1.22. The lowest BCUT2D eigenvalue weighted by Crippen LogP contribution is -2.32. The van der Waals surface area contributed by atoms with Crippen LogP contribution in [0.1, 0.15) is 43.0 Å². The molecule has 1 aromatic carbocycles. The van der Waals surface area contributed by atoms with Crippen molar-refractivity contribution in [1.29, 1.82) is 0 Å². The van der Waals surface area contributed by atoms with Gasteiger partial charge in [0.1, 0.15) is 5.75 Å². The molecule has 98 valence electrons. The molecule has 0 aliphatic heterocycles. The van der Waals surface area contributed by atoms with Gasteiger partial charge in [-0.3, -0.25) is 4.79 Å². The van der Waals surface area contributed by atoms with Crippen molar-refractivity contribution >= 4 is 17.5 Å². The second-order valence-electron chi connectivity index (χ2n) is 4.53. The van der Waals surface area contributed by atoms with Crippen LogP contribution in [-0.2, 0) is 0 Å². The average Bonchev–Trinajstić information content (AvgIpc) is 2.84. The van der Waals surface area contributed by atoms with Crippen LogP contribution in [0.3, 0.4) is 0 Å². The summed E-state index contributed by atoms with van der Waals surface area (Å²) in [5, 5.41) is 3.59. The Bertz CT molecular complexity index is 428. The summed E-state index contributed by atoms with van der Waals surface area (Å²) in [6.45, 7) is 2.43. The molecule has 1 aromatic rings. The van der Waals surface area contributed by atoms with Gasteiger partial charge in [0.15, 0.2) is 0 Å². The highest BCUT2D eigenvalue weighted by molar-refractivity contribution is 6.31. The summed E-state index contributed by atoms with van der Waals surface area (Å²) < 4.78 is 5.46. The van der Waals surface area contributed by atoms with E-state index < -0.39 is 0 Å². The van der Waals surface area contributed by atoms with Crippen LogP contribution in [0.25, 0.3) is 0 Å². The number of amides is 1.